The fourth-order valence-corrected chi connectivity index (χ4v) is 4.00. The Bertz CT molecular complexity index is 1160. The van der Waals surface area contributed by atoms with E-state index in [1.807, 2.05) is 4.72 Å². The first kappa shape index (κ1) is 32.3. The smallest absolute Gasteiger partial charge is 0.480 e. The molecule has 1 aromatic carbocycles. The number of halogens is 3. The van der Waals surface area contributed by atoms with Crippen LogP contribution in [-0.2, 0) is 29.4 Å². The van der Waals surface area contributed by atoms with E-state index >= 15 is 0 Å². The van der Waals surface area contributed by atoms with E-state index in [0.29, 0.717) is 17.7 Å². The van der Waals surface area contributed by atoms with Gasteiger partial charge in [-0.2, -0.15) is 31.0 Å². The normalized spacial score (nSPS) is 15.9. The molecule has 14 nitrogen and oxygen atoms in total. The van der Waals surface area contributed by atoms with Crippen molar-refractivity contribution in [3.8, 4) is 0 Å². The number of hydrogen-bond donors (Lipinski definition) is 7. The minimum atomic E-state index is -5.08. The van der Waals surface area contributed by atoms with Gasteiger partial charge in [-0.25, -0.2) is 4.79 Å². The third-order valence-corrected chi connectivity index (χ3v) is 5.78. The maximum atomic E-state index is 12.2. The first-order valence-electron chi connectivity index (χ1n) is 10.7. The summed E-state index contributed by atoms with van der Waals surface area (Å²) in [5.41, 5.74) is 7.40. The molecule has 0 fully saturated rings. The fourth-order valence-electron chi connectivity index (χ4n) is 2.76. The number of nitrogens with two attached hydrogens (primary N) is 1. The number of rotatable bonds is 11. The van der Waals surface area contributed by atoms with Crippen molar-refractivity contribution in [2.24, 2.45) is 10.9 Å². The van der Waals surface area contributed by atoms with Gasteiger partial charge in [-0.15, -0.1) is 0 Å². The zero-order chi connectivity index (χ0) is 29.3. The second-order valence-electron chi connectivity index (χ2n) is 8.06. The number of benzene rings is 1. The molecule has 0 radical (unpaired) electrons. The first-order chi connectivity index (χ1) is 17.4. The van der Waals surface area contributed by atoms with E-state index in [1.165, 1.54) is 0 Å². The number of aliphatic carboxylic acids is 2. The molecule has 8 N–H and O–H groups in total. The molecule has 0 aliphatic carbocycles. The van der Waals surface area contributed by atoms with Crippen molar-refractivity contribution in [2.75, 3.05) is 6.54 Å². The molecule has 1 aliphatic heterocycles. The number of nitrogens with one attached hydrogen (secondary N) is 4. The minimum absolute atomic E-state index is 0.0485. The predicted molar refractivity (Wildman–Crippen MR) is 127 cm³/mol. The lowest BCUT2D eigenvalue weighted by Crippen LogP contribution is -2.52. The van der Waals surface area contributed by atoms with Gasteiger partial charge in [0, 0.05) is 24.6 Å². The number of alkyl halides is 3. The molecule has 18 heteroatoms. The van der Waals surface area contributed by atoms with Crippen LogP contribution >= 0.6 is 0 Å². The number of nitrogen functional groups attached to an aromatic ring is 1. The zero-order valence-corrected chi connectivity index (χ0v) is 20.9. The second kappa shape index (κ2) is 13.7. The standard InChI is InChI=1S/C18H26N6O6S.C2HF3O2/c1-10(2)23-31(28,29)24-15(18(26)27)9-21-16(25)8-13-7-14(22-30-13)11-3-5-12(6-4-11)17(19)20;3-2(4,5)1(6)7/h3-6,10,13,15,23-24H,7-9H2,1-2H3,(H3,19,20)(H,21,25)(H,26,27);(H,6,7)/t13?,15-;/m0./s1. The van der Waals surface area contributed by atoms with Gasteiger partial charge in [0.05, 0.1) is 12.1 Å². The minimum Gasteiger partial charge on any atom is -0.480 e. The van der Waals surface area contributed by atoms with Crippen LogP contribution in [-0.4, -0.2) is 78.9 Å². The quantitative estimate of drug-likeness (QED) is 0.139. The van der Waals surface area contributed by atoms with E-state index < -0.39 is 59.0 Å². The molecule has 2 atom stereocenters. The van der Waals surface area contributed by atoms with Crippen LogP contribution in [0.25, 0.3) is 0 Å². The maximum Gasteiger partial charge on any atom is 0.490 e. The van der Waals surface area contributed by atoms with Crippen LogP contribution in [0.3, 0.4) is 0 Å². The van der Waals surface area contributed by atoms with Gasteiger partial charge in [0.1, 0.15) is 18.0 Å². The molecule has 1 unspecified atom stereocenters. The van der Waals surface area contributed by atoms with Crippen LogP contribution in [0.5, 0.6) is 0 Å². The monoisotopic (exact) mass is 568 g/mol. The van der Waals surface area contributed by atoms with Gasteiger partial charge in [-0.1, -0.05) is 29.4 Å². The van der Waals surface area contributed by atoms with Gasteiger partial charge in [-0.3, -0.25) is 15.0 Å². The summed E-state index contributed by atoms with van der Waals surface area (Å²) in [6.45, 7) is 2.75. The molecule has 38 heavy (non-hydrogen) atoms. The molecule has 1 aromatic rings. The molecule has 1 heterocycles. The maximum absolute atomic E-state index is 12.2. The van der Waals surface area contributed by atoms with Crippen molar-refractivity contribution in [3.05, 3.63) is 35.4 Å². The molecule has 2 rings (SSSR count). The van der Waals surface area contributed by atoms with E-state index in [4.69, 9.17) is 25.9 Å². The highest BCUT2D eigenvalue weighted by atomic mass is 32.2. The molecule has 0 saturated heterocycles. The molecular formula is C20H27F3N6O8S. The number of amides is 1. The first-order valence-corrected chi connectivity index (χ1v) is 12.2. The average Bonchev–Trinajstić information content (AvgIpc) is 3.23. The van der Waals surface area contributed by atoms with Crippen LogP contribution in [0.2, 0.25) is 0 Å². The van der Waals surface area contributed by atoms with E-state index in [9.17, 15) is 36.3 Å². The lowest BCUT2D eigenvalue weighted by molar-refractivity contribution is -0.192. The van der Waals surface area contributed by atoms with Crippen LogP contribution in [0, 0.1) is 5.41 Å². The van der Waals surface area contributed by atoms with Crippen LogP contribution in [0.1, 0.15) is 37.8 Å². The van der Waals surface area contributed by atoms with Gasteiger partial charge in [0.15, 0.2) is 0 Å². The number of amidine groups is 1. The van der Waals surface area contributed by atoms with Gasteiger partial charge in [-0.05, 0) is 19.4 Å². The van der Waals surface area contributed by atoms with Crippen molar-refractivity contribution in [1.82, 2.24) is 14.8 Å². The van der Waals surface area contributed by atoms with E-state index in [1.54, 1.807) is 38.1 Å². The predicted octanol–water partition coefficient (Wildman–Crippen LogP) is -0.111. The Morgan fingerprint density at radius 1 is 1.18 bits per heavy atom. The Hall–Kier alpha value is -3.77. The number of carboxylic acid groups (broad SMARTS) is 2. The summed E-state index contributed by atoms with van der Waals surface area (Å²) in [5.74, 6) is -4.73. The van der Waals surface area contributed by atoms with Crippen LogP contribution in [0.15, 0.2) is 29.4 Å². The molecule has 0 bridgehead atoms. The summed E-state index contributed by atoms with van der Waals surface area (Å²) in [7, 11) is -4.04. The number of nitrogens with zero attached hydrogens (tertiary/aromatic N) is 1. The molecule has 1 amide bonds. The van der Waals surface area contributed by atoms with Gasteiger partial charge in [0.2, 0.25) is 5.91 Å². The van der Waals surface area contributed by atoms with Crippen molar-refractivity contribution in [2.45, 2.75) is 51.1 Å². The van der Waals surface area contributed by atoms with Gasteiger partial charge < -0.3 is 26.1 Å². The lowest BCUT2D eigenvalue weighted by atomic mass is 10.0. The highest BCUT2D eigenvalue weighted by Crippen LogP contribution is 2.19. The fraction of sp³-hybridized carbons (Fsp3) is 0.450. The Morgan fingerprint density at radius 2 is 1.74 bits per heavy atom. The number of hydrogen-bond acceptors (Lipinski definition) is 8. The molecule has 212 valence electrons. The molecule has 0 aromatic heterocycles. The largest absolute Gasteiger partial charge is 0.490 e. The van der Waals surface area contributed by atoms with Gasteiger partial charge >= 0.3 is 18.1 Å². The van der Waals surface area contributed by atoms with Crippen molar-refractivity contribution < 1.29 is 51.0 Å². The number of oxime groups is 1. The van der Waals surface area contributed by atoms with Crippen molar-refractivity contribution in [1.29, 1.82) is 5.41 Å². The topological polar surface area (TPSA) is 233 Å². The number of carbonyl (C=O) groups excluding carboxylic acids is 1. The highest BCUT2D eigenvalue weighted by molar-refractivity contribution is 7.87. The van der Waals surface area contributed by atoms with E-state index in [2.05, 4.69) is 15.2 Å². The van der Waals surface area contributed by atoms with Crippen molar-refractivity contribution >= 4 is 39.6 Å². The highest BCUT2D eigenvalue weighted by Gasteiger charge is 2.38. The molecule has 0 spiro atoms. The Kier molecular flexibility index (Phi) is 11.6. The Labute approximate surface area is 215 Å². The number of carbonyl (C=O) groups is 3. The third-order valence-electron chi connectivity index (χ3n) is 4.41. The van der Waals surface area contributed by atoms with Crippen LogP contribution in [0.4, 0.5) is 13.2 Å². The molecule has 1 aliphatic rings. The summed E-state index contributed by atoms with van der Waals surface area (Å²) < 4.78 is 59.6. The number of carboxylic acids is 2. The third kappa shape index (κ3) is 11.5. The van der Waals surface area contributed by atoms with Gasteiger partial charge in [0.25, 0.3) is 10.2 Å². The summed E-state index contributed by atoms with van der Waals surface area (Å²) >= 11 is 0. The summed E-state index contributed by atoms with van der Waals surface area (Å²) in [6.07, 6.45) is -5.34. The summed E-state index contributed by atoms with van der Waals surface area (Å²) in [5, 5.41) is 30.1. The van der Waals surface area contributed by atoms with Crippen LogP contribution < -0.4 is 20.5 Å². The van der Waals surface area contributed by atoms with E-state index in [-0.39, 0.29) is 12.3 Å². The summed E-state index contributed by atoms with van der Waals surface area (Å²) in [6, 6.07) is 4.90. The van der Waals surface area contributed by atoms with E-state index in [0.717, 1.165) is 5.56 Å². The Balaban J connectivity index is 0.000000905. The zero-order valence-electron chi connectivity index (χ0n) is 20.1. The Morgan fingerprint density at radius 3 is 2.18 bits per heavy atom. The lowest BCUT2D eigenvalue weighted by Gasteiger charge is -2.17. The van der Waals surface area contributed by atoms with Crippen molar-refractivity contribution in [3.63, 3.8) is 0 Å². The molecular weight excluding hydrogens is 541 g/mol. The second-order valence-corrected chi connectivity index (χ2v) is 9.53. The summed E-state index contributed by atoms with van der Waals surface area (Å²) in [4.78, 5) is 37.6. The SMILES string of the molecule is CC(C)NS(=O)(=O)N[C@@H](CNC(=O)CC1CC(c2ccc(C(=N)N)cc2)=NO1)C(=O)O.O=C(O)C(F)(F)F. The average molecular weight is 569 g/mol. The molecule has 0 saturated carbocycles.